The lowest BCUT2D eigenvalue weighted by Gasteiger charge is -2.43. The van der Waals surface area contributed by atoms with Gasteiger partial charge in [-0.05, 0) is 51.0 Å². The van der Waals surface area contributed by atoms with E-state index in [1.54, 1.807) is 16.7 Å². The van der Waals surface area contributed by atoms with E-state index in [9.17, 15) is 10.1 Å². The number of nitriles is 1. The van der Waals surface area contributed by atoms with Crippen molar-refractivity contribution in [1.29, 1.82) is 5.26 Å². The summed E-state index contributed by atoms with van der Waals surface area (Å²) in [6.45, 7) is 7.28. The minimum Gasteiger partial charge on any atom is -0.444 e. The third-order valence-electron chi connectivity index (χ3n) is 7.35. The molecule has 0 N–H and O–H groups in total. The molecule has 36 heavy (non-hydrogen) atoms. The zero-order chi connectivity index (χ0) is 25.5. The number of thioether (sulfide) groups is 1. The molecule has 7 nitrogen and oxygen atoms in total. The number of benzene rings is 1. The Labute approximate surface area is 217 Å². The van der Waals surface area contributed by atoms with E-state index in [4.69, 9.17) is 14.7 Å². The summed E-state index contributed by atoms with van der Waals surface area (Å²) in [7, 11) is 0. The fraction of sp³-hybridized carbons (Fsp3) is 0.500. The van der Waals surface area contributed by atoms with Crippen molar-refractivity contribution in [2.45, 2.75) is 68.7 Å². The third-order valence-corrected chi connectivity index (χ3v) is 7.90. The van der Waals surface area contributed by atoms with E-state index in [1.165, 1.54) is 16.7 Å². The molecule has 0 saturated carbocycles. The molecule has 1 saturated heterocycles. The second-order valence-corrected chi connectivity index (χ2v) is 11.6. The molecule has 1 aromatic heterocycles. The molecule has 0 bridgehead atoms. The Balaban J connectivity index is 1.44. The first kappa shape index (κ1) is 24.6. The highest BCUT2D eigenvalue weighted by Gasteiger charge is 2.41. The van der Waals surface area contributed by atoms with E-state index in [0.717, 1.165) is 35.9 Å². The van der Waals surface area contributed by atoms with Crippen LogP contribution in [0, 0.1) is 11.3 Å². The van der Waals surface area contributed by atoms with Crippen molar-refractivity contribution in [3.8, 4) is 6.07 Å². The van der Waals surface area contributed by atoms with E-state index in [1.807, 2.05) is 27.0 Å². The molecule has 8 heteroatoms. The molecule has 1 spiro atoms. The van der Waals surface area contributed by atoms with Gasteiger partial charge < -0.3 is 14.5 Å². The van der Waals surface area contributed by atoms with Gasteiger partial charge in [0.1, 0.15) is 11.4 Å². The zero-order valence-corrected chi connectivity index (χ0v) is 22.3. The van der Waals surface area contributed by atoms with Gasteiger partial charge in [-0.15, -0.1) is 0 Å². The molecule has 2 aliphatic carbocycles. The number of fused-ring (bicyclic) bond motifs is 3. The number of ether oxygens (including phenoxy) is 1. The van der Waals surface area contributed by atoms with Gasteiger partial charge in [-0.25, -0.2) is 14.8 Å². The lowest BCUT2D eigenvalue weighted by atomic mass is 9.70. The smallest absolute Gasteiger partial charge is 0.410 e. The fourth-order valence-corrected chi connectivity index (χ4v) is 6.06. The molecule has 1 aromatic carbocycles. The molecule has 2 aromatic rings. The van der Waals surface area contributed by atoms with Gasteiger partial charge in [-0.1, -0.05) is 48.2 Å². The quantitative estimate of drug-likeness (QED) is 0.431. The molecule has 3 aliphatic rings. The van der Waals surface area contributed by atoms with Crippen LogP contribution in [0.5, 0.6) is 0 Å². The largest absolute Gasteiger partial charge is 0.444 e. The number of anilines is 1. The normalized spacial score (nSPS) is 22.8. The maximum atomic E-state index is 12.9. The number of allylic oxidation sites excluding steroid dienone is 1. The Kier molecular flexibility index (Phi) is 6.46. The number of amides is 1. The number of rotatable bonds is 3. The van der Waals surface area contributed by atoms with E-state index >= 15 is 0 Å². The molecule has 2 heterocycles. The first-order valence-electron chi connectivity index (χ1n) is 12.6. The standard InChI is InChI=1S/C28H33N5O2S/c1-27(2,3)35-26(34)33-16-15-32(18-20(33)11-14-29)24-21-10-13-28(17-23(21)30-25(31-24)36-4)12-9-19-7-5-6-8-22(19)28/h5-9,12,20H,10-11,13,15-18H2,1-4H3/t20-,28?/m0/s1. The minimum atomic E-state index is -0.576. The Morgan fingerprint density at radius 3 is 2.83 bits per heavy atom. The minimum absolute atomic E-state index is 0.0103. The van der Waals surface area contributed by atoms with Crippen molar-refractivity contribution in [3.05, 3.63) is 52.7 Å². The third kappa shape index (κ3) is 4.57. The van der Waals surface area contributed by atoms with Crippen LogP contribution in [-0.2, 0) is 23.0 Å². The number of hydrogen-bond donors (Lipinski definition) is 0. The van der Waals surface area contributed by atoms with Gasteiger partial charge in [0.2, 0.25) is 0 Å². The maximum Gasteiger partial charge on any atom is 0.410 e. The summed E-state index contributed by atoms with van der Waals surface area (Å²) in [5.74, 6) is 0.959. The summed E-state index contributed by atoms with van der Waals surface area (Å²) in [5, 5.41) is 10.3. The predicted octanol–water partition coefficient (Wildman–Crippen LogP) is 4.99. The molecule has 0 radical (unpaired) electrons. The summed E-state index contributed by atoms with van der Waals surface area (Å²) in [6, 6.07) is 10.7. The summed E-state index contributed by atoms with van der Waals surface area (Å²) in [4.78, 5) is 26.7. The van der Waals surface area contributed by atoms with Gasteiger partial charge in [0.15, 0.2) is 5.16 Å². The number of piperazine rings is 1. The number of carbonyl (C=O) groups excluding carboxylic acids is 1. The van der Waals surface area contributed by atoms with Crippen molar-refractivity contribution >= 4 is 29.7 Å². The molecule has 188 valence electrons. The van der Waals surface area contributed by atoms with Crippen LogP contribution >= 0.6 is 11.8 Å². The highest BCUT2D eigenvalue weighted by molar-refractivity contribution is 7.98. The van der Waals surface area contributed by atoms with Crippen LogP contribution in [0.15, 0.2) is 35.5 Å². The van der Waals surface area contributed by atoms with Crippen molar-refractivity contribution in [2.75, 3.05) is 30.8 Å². The molecule has 1 fully saturated rings. The average Bonchev–Trinajstić information content (AvgIpc) is 3.20. The highest BCUT2D eigenvalue weighted by atomic mass is 32.2. The second-order valence-electron chi connectivity index (χ2n) is 10.8. The molecular weight excluding hydrogens is 470 g/mol. The van der Waals surface area contributed by atoms with Crippen molar-refractivity contribution in [3.63, 3.8) is 0 Å². The SMILES string of the molecule is CSc1nc2c(c(N3CCN(C(=O)OC(C)(C)C)[C@@H](CC#N)C3)n1)CCC1(C=Cc3ccccc31)C2. The summed E-state index contributed by atoms with van der Waals surface area (Å²) >= 11 is 1.56. The molecule has 1 unspecified atom stereocenters. The Morgan fingerprint density at radius 2 is 2.08 bits per heavy atom. The summed E-state index contributed by atoms with van der Waals surface area (Å²) in [6.07, 6.45) is 9.29. The Hall–Kier alpha value is -3.05. The van der Waals surface area contributed by atoms with Crippen LogP contribution in [0.1, 0.15) is 56.0 Å². The van der Waals surface area contributed by atoms with Crippen molar-refractivity contribution in [1.82, 2.24) is 14.9 Å². The van der Waals surface area contributed by atoms with E-state index in [-0.39, 0.29) is 24.0 Å². The monoisotopic (exact) mass is 503 g/mol. The molecule has 1 aliphatic heterocycles. The van der Waals surface area contributed by atoms with Gasteiger partial charge in [-0.2, -0.15) is 5.26 Å². The van der Waals surface area contributed by atoms with Gasteiger partial charge in [0, 0.05) is 37.0 Å². The lowest BCUT2D eigenvalue weighted by Crippen LogP contribution is -2.56. The van der Waals surface area contributed by atoms with Crippen LogP contribution < -0.4 is 4.90 Å². The first-order valence-corrected chi connectivity index (χ1v) is 13.8. The van der Waals surface area contributed by atoms with Crippen molar-refractivity contribution in [2.24, 2.45) is 0 Å². The summed E-state index contributed by atoms with van der Waals surface area (Å²) in [5.41, 5.74) is 4.43. The molecule has 5 rings (SSSR count). The highest BCUT2D eigenvalue weighted by Crippen LogP contribution is 2.46. The van der Waals surface area contributed by atoms with E-state index < -0.39 is 5.60 Å². The fourth-order valence-electron chi connectivity index (χ4n) is 5.68. The first-order chi connectivity index (χ1) is 17.2. The summed E-state index contributed by atoms with van der Waals surface area (Å²) < 4.78 is 5.63. The lowest BCUT2D eigenvalue weighted by molar-refractivity contribution is 0.0144. The Bertz CT molecular complexity index is 1250. The average molecular weight is 504 g/mol. The van der Waals surface area contributed by atoms with Crippen LogP contribution in [0.4, 0.5) is 10.6 Å². The van der Waals surface area contributed by atoms with Gasteiger partial charge >= 0.3 is 6.09 Å². The van der Waals surface area contributed by atoms with Gasteiger partial charge in [0.05, 0.1) is 24.2 Å². The second kappa shape index (κ2) is 9.44. The molecular formula is C28H33N5O2S. The molecule has 1 amide bonds. The van der Waals surface area contributed by atoms with E-state index in [2.05, 4.69) is 47.4 Å². The van der Waals surface area contributed by atoms with Crippen LogP contribution in [0.25, 0.3) is 6.08 Å². The van der Waals surface area contributed by atoms with Gasteiger partial charge in [0.25, 0.3) is 0 Å². The Morgan fingerprint density at radius 1 is 1.28 bits per heavy atom. The van der Waals surface area contributed by atoms with Crippen LogP contribution in [0.2, 0.25) is 0 Å². The number of nitrogens with zero attached hydrogens (tertiary/aromatic N) is 5. The zero-order valence-electron chi connectivity index (χ0n) is 21.5. The number of carbonyl (C=O) groups is 1. The van der Waals surface area contributed by atoms with E-state index in [0.29, 0.717) is 19.6 Å². The van der Waals surface area contributed by atoms with Crippen molar-refractivity contribution < 1.29 is 9.53 Å². The topological polar surface area (TPSA) is 82.4 Å². The number of aromatic nitrogens is 2. The van der Waals surface area contributed by atoms with Crippen LogP contribution in [-0.4, -0.2) is 58.5 Å². The molecule has 2 atom stereocenters. The predicted molar refractivity (Wildman–Crippen MR) is 142 cm³/mol. The number of hydrogen-bond acceptors (Lipinski definition) is 7. The van der Waals surface area contributed by atoms with Gasteiger partial charge in [-0.3, -0.25) is 0 Å². The van der Waals surface area contributed by atoms with Crippen LogP contribution in [0.3, 0.4) is 0 Å². The maximum absolute atomic E-state index is 12.9.